The molecular weight excluding hydrogens is 200 g/mol. The number of rotatable bonds is 1. The zero-order valence-electron chi connectivity index (χ0n) is 10.5. The summed E-state index contributed by atoms with van der Waals surface area (Å²) in [6.07, 6.45) is 4.91. The Hall–Kier alpha value is -0.830. The van der Waals surface area contributed by atoms with Crippen LogP contribution in [0.4, 0.5) is 0 Å². The summed E-state index contributed by atoms with van der Waals surface area (Å²) in [5, 5.41) is 0. The average molecular weight is 222 g/mol. The second-order valence-corrected chi connectivity index (χ2v) is 6.14. The Bertz CT molecular complexity index is 334. The molecule has 2 N–H and O–H groups in total. The Morgan fingerprint density at radius 3 is 2.44 bits per heavy atom. The van der Waals surface area contributed by atoms with Crippen molar-refractivity contribution in [3.63, 3.8) is 0 Å². The molecule has 1 aliphatic carbocycles. The van der Waals surface area contributed by atoms with E-state index >= 15 is 0 Å². The first-order valence-electron chi connectivity index (χ1n) is 6.11. The fourth-order valence-electron chi connectivity index (χ4n) is 2.20. The SMILES string of the molecule is CC(C)(C)C1=CCN(C(=O)C2(N)CC2)CC1. The highest BCUT2D eigenvalue weighted by Gasteiger charge is 2.48. The van der Waals surface area contributed by atoms with Gasteiger partial charge in [-0.1, -0.05) is 32.4 Å². The standard InChI is InChI=1S/C13H22N2O/c1-12(2,3)10-4-8-15(9-5-10)11(16)13(14)6-7-13/h4H,5-9,14H2,1-3H3. The molecule has 3 heteroatoms. The lowest BCUT2D eigenvalue weighted by Crippen LogP contribution is -2.47. The van der Waals surface area contributed by atoms with Crippen LogP contribution < -0.4 is 5.73 Å². The molecule has 1 amide bonds. The lowest BCUT2D eigenvalue weighted by Gasteiger charge is -2.33. The Morgan fingerprint density at radius 1 is 1.44 bits per heavy atom. The van der Waals surface area contributed by atoms with Gasteiger partial charge in [-0.3, -0.25) is 4.79 Å². The maximum absolute atomic E-state index is 12.0. The summed E-state index contributed by atoms with van der Waals surface area (Å²) in [4.78, 5) is 13.9. The van der Waals surface area contributed by atoms with Crippen LogP contribution in [0.3, 0.4) is 0 Å². The first-order valence-corrected chi connectivity index (χ1v) is 6.11. The van der Waals surface area contributed by atoms with Crippen molar-refractivity contribution in [1.82, 2.24) is 4.90 Å². The van der Waals surface area contributed by atoms with Crippen LogP contribution in [-0.4, -0.2) is 29.4 Å². The summed E-state index contributed by atoms with van der Waals surface area (Å²) in [6.45, 7) is 8.25. The summed E-state index contributed by atoms with van der Waals surface area (Å²) >= 11 is 0. The number of carbonyl (C=O) groups excluding carboxylic acids is 1. The zero-order chi connectivity index (χ0) is 12.0. The molecule has 1 heterocycles. The van der Waals surface area contributed by atoms with Crippen molar-refractivity contribution in [2.24, 2.45) is 11.1 Å². The van der Waals surface area contributed by atoms with Gasteiger partial charge in [-0.05, 0) is 24.7 Å². The maximum Gasteiger partial charge on any atom is 0.242 e. The fourth-order valence-corrected chi connectivity index (χ4v) is 2.20. The van der Waals surface area contributed by atoms with Gasteiger partial charge in [0.1, 0.15) is 0 Å². The van der Waals surface area contributed by atoms with Gasteiger partial charge in [-0.25, -0.2) is 0 Å². The lowest BCUT2D eigenvalue weighted by molar-refractivity contribution is -0.133. The van der Waals surface area contributed by atoms with E-state index in [0.29, 0.717) is 0 Å². The largest absolute Gasteiger partial charge is 0.337 e. The van der Waals surface area contributed by atoms with Gasteiger partial charge >= 0.3 is 0 Å². The molecule has 16 heavy (non-hydrogen) atoms. The highest BCUT2D eigenvalue weighted by molar-refractivity contribution is 5.89. The van der Waals surface area contributed by atoms with Gasteiger partial charge in [0.15, 0.2) is 0 Å². The Kier molecular flexibility index (Phi) is 2.61. The molecule has 2 aliphatic rings. The smallest absolute Gasteiger partial charge is 0.242 e. The summed E-state index contributed by atoms with van der Waals surface area (Å²) in [7, 11) is 0. The first-order chi connectivity index (χ1) is 7.33. The summed E-state index contributed by atoms with van der Waals surface area (Å²) in [6, 6.07) is 0. The molecule has 90 valence electrons. The summed E-state index contributed by atoms with van der Waals surface area (Å²) in [5.41, 5.74) is 7.11. The number of nitrogens with zero attached hydrogens (tertiary/aromatic N) is 1. The van der Waals surface area contributed by atoms with E-state index in [1.54, 1.807) is 0 Å². The monoisotopic (exact) mass is 222 g/mol. The van der Waals surface area contributed by atoms with Crippen molar-refractivity contribution in [3.05, 3.63) is 11.6 Å². The number of amides is 1. The molecular formula is C13H22N2O. The quantitative estimate of drug-likeness (QED) is 0.686. The second kappa shape index (κ2) is 3.59. The molecule has 1 fully saturated rings. The van der Waals surface area contributed by atoms with Crippen LogP contribution in [0.5, 0.6) is 0 Å². The molecule has 0 radical (unpaired) electrons. The van der Waals surface area contributed by atoms with Gasteiger partial charge in [0.2, 0.25) is 5.91 Å². The topological polar surface area (TPSA) is 46.3 Å². The minimum Gasteiger partial charge on any atom is -0.337 e. The summed E-state index contributed by atoms with van der Waals surface area (Å²) in [5.74, 6) is 0.150. The molecule has 1 saturated carbocycles. The lowest BCUT2D eigenvalue weighted by atomic mass is 9.83. The van der Waals surface area contributed by atoms with Gasteiger partial charge in [-0.15, -0.1) is 0 Å². The van der Waals surface area contributed by atoms with Crippen LogP contribution in [0.1, 0.15) is 40.0 Å². The van der Waals surface area contributed by atoms with Crippen LogP contribution in [0.15, 0.2) is 11.6 Å². The fraction of sp³-hybridized carbons (Fsp3) is 0.769. The van der Waals surface area contributed by atoms with E-state index in [2.05, 4.69) is 26.8 Å². The predicted octanol–water partition coefficient (Wildman–Crippen LogP) is 1.68. The minimum absolute atomic E-state index is 0.150. The predicted molar refractivity (Wildman–Crippen MR) is 64.9 cm³/mol. The van der Waals surface area contributed by atoms with E-state index in [9.17, 15) is 4.79 Å². The van der Waals surface area contributed by atoms with E-state index in [0.717, 1.165) is 32.4 Å². The van der Waals surface area contributed by atoms with Gasteiger partial charge in [0.25, 0.3) is 0 Å². The van der Waals surface area contributed by atoms with Crippen LogP contribution in [0.25, 0.3) is 0 Å². The highest BCUT2D eigenvalue weighted by Crippen LogP contribution is 2.36. The van der Waals surface area contributed by atoms with Crippen molar-refractivity contribution >= 4 is 5.91 Å². The third-order valence-corrected chi connectivity index (χ3v) is 3.67. The van der Waals surface area contributed by atoms with E-state index in [-0.39, 0.29) is 11.3 Å². The molecule has 0 aromatic carbocycles. The number of hydrogen-bond acceptors (Lipinski definition) is 2. The van der Waals surface area contributed by atoms with E-state index in [4.69, 9.17) is 5.73 Å². The van der Waals surface area contributed by atoms with E-state index < -0.39 is 5.54 Å². The van der Waals surface area contributed by atoms with Crippen molar-refractivity contribution in [2.45, 2.75) is 45.6 Å². The van der Waals surface area contributed by atoms with Crippen LogP contribution >= 0.6 is 0 Å². The molecule has 1 aliphatic heterocycles. The third-order valence-electron chi connectivity index (χ3n) is 3.67. The van der Waals surface area contributed by atoms with Gasteiger partial charge < -0.3 is 10.6 Å². The minimum atomic E-state index is -0.507. The molecule has 0 bridgehead atoms. The third kappa shape index (κ3) is 2.14. The Balaban J connectivity index is 1.99. The Morgan fingerprint density at radius 2 is 2.06 bits per heavy atom. The summed E-state index contributed by atoms with van der Waals surface area (Å²) < 4.78 is 0. The van der Waals surface area contributed by atoms with E-state index in [1.165, 1.54) is 5.57 Å². The normalized spacial score (nSPS) is 24.0. The zero-order valence-corrected chi connectivity index (χ0v) is 10.5. The average Bonchev–Trinajstić information content (AvgIpc) is 2.96. The van der Waals surface area contributed by atoms with Crippen molar-refractivity contribution < 1.29 is 4.79 Å². The van der Waals surface area contributed by atoms with Crippen molar-refractivity contribution in [1.29, 1.82) is 0 Å². The molecule has 0 atom stereocenters. The molecule has 0 unspecified atom stereocenters. The van der Waals surface area contributed by atoms with Gasteiger partial charge in [0.05, 0.1) is 5.54 Å². The molecule has 0 saturated heterocycles. The van der Waals surface area contributed by atoms with Gasteiger partial charge in [0, 0.05) is 13.1 Å². The Labute approximate surface area is 97.7 Å². The second-order valence-electron chi connectivity index (χ2n) is 6.14. The highest BCUT2D eigenvalue weighted by atomic mass is 16.2. The molecule has 3 nitrogen and oxygen atoms in total. The van der Waals surface area contributed by atoms with Crippen LogP contribution in [-0.2, 0) is 4.79 Å². The maximum atomic E-state index is 12.0. The molecule has 0 aromatic heterocycles. The van der Waals surface area contributed by atoms with E-state index in [1.807, 2.05) is 4.90 Å². The molecule has 2 rings (SSSR count). The number of carbonyl (C=O) groups is 1. The number of hydrogen-bond donors (Lipinski definition) is 1. The van der Waals surface area contributed by atoms with Crippen molar-refractivity contribution in [2.75, 3.05) is 13.1 Å². The van der Waals surface area contributed by atoms with Crippen LogP contribution in [0, 0.1) is 5.41 Å². The molecule has 0 aromatic rings. The first kappa shape index (κ1) is 11.6. The molecule has 0 spiro atoms. The van der Waals surface area contributed by atoms with Crippen LogP contribution in [0.2, 0.25) is 0 Å². The number of nitrogens with two attached hydrogens (primary N) is 1. The van der Waals surface area contributed by atoms with Gasteiger partial charge in [-0.2, -0.15) is 0 Å². The van der Waals surface area contributed by atoms with Crippen molar-refractivity contribution in [3.8, 4) is 0 Å².